The summed E-state index contributed by atoms with van der Waals surface area (Å²) < 4.78 is 0. The molecular formula is C12H13N5O2. The van der Waals surface area contributed by atoms with Crippen LogP contribution in [0, 0.1) is 0 Å². The molecular weight excluding hydrogens is 246 g/mol. The van der Waals surface area contributed by atoms with E-state index in [1.165, 1.54) is 0 Å². The Hall–Kier alpha value is -2.64. The molecule has 0 unspecified atom stereocenters. The highest BCUT2D eigenvalue weighted by atomic mass is 16.0. The van der Waals surface area contributed by atoms with Crippen molar-refractivity contribution < 1.29 is 11.0 Å². The molecule has 0 aliphatic heterocycles. The number of nitrogens with two attached hydrogens (primary N) is 1. The third-order valence-corrected chi connectivity index (χ3v) is 2.39. The lowest BCUT2D eigenvalue weighted by Crippen LogP contribution is -2.00. The minimum Gasteiger partial charge on any atom is -0.412 e. The van der Waals surface area contributed by atoms with Crippen molar-refractivity contribution in [1.82, 2.24) is 19.9 Å². The Bertz CT molecular complexity index is 675. The molecule has 98 valence electrons. The Morgan fingerprint density at radius 2 is 1.53 bits per heavy atom. The minimum atomic E-state index is 0. The van der Waals surface area contributed by atoms with Crippen LogP contribution in [0.15, 0.2) is 42.7 Å². The zero-order valence-corrected chi connectivity index (χ0v) is 9.91. The number of fused-ring (bicyclic) bond motifs is 1. The molecule has 0 bridgehead atoms. The Morgan fingerprint density at radius 3 is 2.26 bits per heavy atom. The van der Waals surface area contributed by atoms with E-state index in [0.29, 0.717) is 22.8 Å². The van der Waals surface area contributed by atoms with Gasteiger partial charge in [-0.2, -0.15) is 0 Å². The number of anilines is 1. The first-order valence-corrected chi connectivity index (χ1v) is 5.14. The fourth-order valence-corrected chi connectivity index (χ4v) is 1.60. The predicted octanol–water partition coefficient (Wildman–Crippen LogP) is 0.0196. The maximum Gasteiger partial charge on any atom is 0.184 e. The van der Waals surface area contributed by atoms with Crippen LogP contribution in [0.3, 0.4) is 0 Å². The van der Waals surface area contributed by atoms with Crippen molar-refractivity contribution in [2.45, 2.75) is 0 Å². The minimum absolute atomic E-state index is 0. The molecule has 0 spiro atoms. The molecule has 0 aliphatic carbocycles. The van der Waals surface area contributed by atoms with Gasteiger partial charge < -0.3 is 16.7 Å². The Kier molecular flexibility index (Phi) is 4.41. The van der Waals surface area contributed by atoms with Gasteiger partial charge in [-0.3, -0.25) is 0 Å². The summed E-state index contributed by atoms with van der Waals surface area (Å²) in [5, 5.41) is 0. The number of hydrogen-bond acceptors (Lipinski definition) is 5. The third-order valence-electron chi connectivity index (χ3n) is 2.39. The largest absolute Gasteiger partial charge is 0.412 e. The van der Waals surface area contributed by atoms with Crippen LogP contribution in [0.1, 0.15) is 0 Å². The average molecular weight is 259 g/mol. The summed E-state index contributed by atoms with van der Waals surface area (Å²) in [6.07, 6.45) is 3.16. The zero-order valence-electron chi connectivity index (χ0n) is 9.91. The molecule has 0 saturated heterocycles. The van der Waals surface area contributed by atoms with Crippen LogP contribution >= 0.6 is 0 Å². The Morgan fingerprint density at radius 1 is 0.842 bits per heavy atom. The van der Waals surface area contributed by atoms with Crippen molar-refractivity contribution in [1.29, 1.82) is 0 Å². The van der Waals surface area contributed by atoms with Crippen molar-refractivity contribution >= 4 is 17.0 Å². The van der Waals surface area contributed by atoms with Crippen LogP contribution in [0.4, 0.5) is 5.82 Å². The van der Waals surface area contributed by atoms with E-state index in [-0.39, 0.29) is 11.0 Å². The van der Waals surface area contributed by atoms with E-state index >= 15 is 0 Å². The highest BCUT2D eigenvalue weighted by Crippen LogP contribution is 2.19. The third kappa shape index (κ3) is 2.62. The van der Waals surface area contributed by atoms with Gasteiger partial charge in [0.2, 0.25) is 0 Å². The summed E-state index contributed by atoms with van der Waals surface area (Å²) in [5.41, 5.74) is 7.80. The molecule has 3 rings (SSSR count). The molecule has 7 nitrogen and oxygen atoms in total. The van der Waals surface area contributed by atoms with E-state index in [1.54, 1.807) is 12.4 Å². The van der Waals surface area contributed by atoms with E-state index in [9.17, 15) is 0 Å². The van der Waals surface area contributed by atoms with Gasteiger partial charge in [-0.05, 0) is 0 Å². The highest BCUT2D eigenvalue weighted by Gasteiger charge is 2.07. The van der Waals surface area contributed by atoms with Gasteiger partial charge in [0, 0.05) is 18.0 Å². The van der Waals surface area contributed by atoms with E-state index in [1.807, 2.05) is 30.3 Å². The van der Waals surface area contributed by atoms with Crippen molar-refractivity contribution in [2.24, 2.45) is 0 Å². The maximum atomic E-state index is 5.84. The van der Waals surface area contributed by atoms with Crippen molar-refractivity contribution in [3.05, 3.63) is 42.7 Å². The second-order valence-corrected chi connectivity index (χ2v) is 3.53. The smallest absolute Gasteiger partial charge is 0.184 e. The molecule has 0 amide bonds. The predicted molar refractivity (Wildman–Crippen MR) is 72.2 cm³/mol. The Labute approximate surface area is 108 Å². The normalized spacial score (nSPS) is 9.47. The second-order valence-electron chi connectivity index (χ2n) is 3.53. The topological polar surface area (TPSA) is 141 Å². The lowest BCUT2D eigenvalue weighted by atomic mass is 10.2. The molecule has 2 aromatic heterocycles. The second kappa shape index (κ2) is 5.80. The lowest BCUT2D eigenvalue weighted by molar-refractivity contribution is 0.823. The fraction of sp³-hybridized carbons (Fsp3) is 0. The molecule has 0 atom stereocenters. The molecule has 0 aliphatic rings. The van der Waals surface area contributed by atoms with E-state index in [0.717, 1.165) is 5.56 Å². The van der Waals surface area contributed by atoms with Gasteiger partial charge in [-0.15, -0.1) is 0 Å². The van der Waals surface area contributed by atoms with Crippen LogP contribution < -0.4 is 5.73 Å². The van der Waals surface area contributed by atoms with Gasteiger partial charge in [0.15, 0.2) is 17.3 Å². The zero-order chi connectivity index (χ0) is 11.7. The molecule has 3 aromatic rings. The summed E-state index contributed by atoms with van der Waals surface area (Å²) in [5.74, 6) is 0.915. The number of benzene rings is 1. The lowest BCUT2D eigenvalue weighted by Gasteiger charge is -2.03. The van der Waals surface area contributed by atoms with Gasteiger partial charge >= 0.3 is 0 Å². The van der Waals surface area contributed by atoms with Crippen LogP contribution in [-0.2, 0) is 0 Å². The molecule has 6 N–H and O–H groups in total. The van der Waals surface area contributed by atoms with Gasteiger partial charge in [0.25, 0.3) is 0 Å². The number of aromatic nitrogens is 4. The molecule has 2 heterocycles. The first-order chi connectivity index (χ1) is 8.34. The number of nitrogens with zero attached hydrogens (tertiary/aromatic N) is 4. The molecule has 0 fully saturated rings. The fourth-order valence-electron chi connectivity index (χ4n) is 1.60. The molecule has 0 radical (unpaired) electrons. The van der Waals surface area contributed by atoms with E-state index < -0.39 is 0 Å². The van der Waals surface area contributed by atoms with Crippen LogP contribution in [0.25, 0.3) is 22.6 Å². The van der Waals surface area contributed by atoms with Crippen LogP contribution in [0.2, 0.25) is 0 Å². The maximum absolute atomic E-state index is 5.84. The number of hydrogen-bond donors (Lipinski definition) is 1. The van der Waals surface area contributed by atoms with Crippen LogP contribution in [0.5, 0.6) is 0 Å². The van der Waals surface area contributed by atoms with Crippen LogP contribution in [-0.4, -0.2) is 30.9 Å². The summed E-state index contributed by atoms with van der Waals surface area (Å²) in [6.45, 7) is 0. The summed E-state index contributed by atoms with van der Waals surface area (Å²) in [6, 6.07) is 9.65. The molecule has 1 aromatic carbocycles. The van der Waals surface area contributed by atoms with Gasteiger partial charge in [0.1, 0.15) is 5.52 Å². The van der Waals surface area contributed by atoms with E-state index in [2.05, 4.69) is 19.9 Å². The van der Waals surface area contributed by atoms with Crippen molar-refractivity contribution in [3.8, 4) is 11.4 Å². The summed E-state index contributed by atoms with van der Waals surface area (Å²) in [4.78, 5) is 16.8. The number of nitrogen functional groups attached to an aromatic ring is 1. The van der Waals surface area contributed by atoms with E-state index in [4.69, 9.17) is 5.73 Å². The molecule has 0 saturated carbocycles. The molecule has 7 heteroatoms. The summed E-state index contributed by atoms with van der Waals surface area (Å²) >= 11 is 0. The summed E-state index contributed by atoms with van der Waals surface area (Å²) in [7, 11) is 0. The monoisotopic (exact) mass is 259 g/mol. The van der Waals surface area contributed by atoms with Gasteiger partial charge in [-0.25, -0.2) is 19.9 Å². The Balaban J connectivity index is 0.000000902. The van der Waals surface area contributed by atoms with Gasteiger partial charge in [-0.1, -0.05) is 30.3 Å². The number of rotatable bonds is 1. The van der Waals surface area contributed by atoms with Crippen molar-refractivity contribution in [2.75, 3.05) is 5.73 Å². The standard InChI is InChI=1S/C12H9N5.2H2O/c13-10-9-12(15-7-6-14-9)17-11(16-10)8-4-2-1-3-5-8;;/h1-7H,(H2,13,15,16,17);2*1H2. The first kappa shape index (κ1) is 14.4. The quantitative estimate of drug-likeness (QED) is 0.655. The average Bonchev–Trinajstić information content (AvgIpc) is 2.40. The SMILES string of the molecule is Nc1nc(-c2ccccc2)nc2nccnc12.O.O. The first-order valence-electron chi connectivity index (χ1n) is 5.14. The molecule has 19 heavy (non-hydrogen) atoms. The van der Waals surface area contributed by atoms with Gasteiger partial charge in [0.05, 0.1) is 0 Å². The van der Waals surface area contributed by atoms with Crippen molar-refractivity contribution in [3.63, 3.8) is 0 Å². The highest BCUT2D eigenvalue weighted by molar-refractivity contribution is 5.82.